The van der Waals surface area contributed by atoms with Crippen molar-refractivity contribution in [1.82, 2.24) is 4.98 Å². The topological polar surface area (TPSA) is 93.6 Å². The molecule has 0 saturated carbocycles. The summed E-state index contributed by atoms with van der Waals surface area (Å²) in [5, 5.41) is 28.4. The lowest BCUT2D eigenvalue weighted by Gasteiger charge is -2.14. The van der Waals surface area contributed by atoms with Gasteiger partial charge in [0.2, 0.25) is 0 Å². The minimum Gasteiger partial charge on any atom is -0.479 e. The van der Waals surface area contributed by atoms with Crippen LogP contribution < -0.4 is 0 Å². The summed E-state index contributed by atoms with van der Waals surface area (Å²) in [4.78, 5) is 13.5. The third-order valence-corrected chi connectivity index (χ3v) is 2.47. The highest BCUT2D eigenvalue weighted by molar-refractivity contribution is 5.80. The van der Waals surface area contributed by atoms with Crippen LogP contribution >= 0.6 is 0 Å². The largest absolute Gasteiger partial charge is 0.479 e. The lowest BCUT2D eigenvalue weighted by Crippen LogP contribution is -2.27. The van der Waals surface area contributed by atoms with Crippen LogP contribution in [0.5, 0.6) is 0 Å². The molecule has 84 valence electrons. The molecule has 16 heavy (non-hydrogen) atoms. The summed E-state index contributed by atoms with van der Waals surface area (Å²) < 4.78 is 0. The molecule has 0 spiro atoms. The third-order valence-electron chi connectivity index (χ3n) is 2.47. The average Bonchev–Trinajstić information content (AvgIpc) is 2.73. The SMILES string of the molecule is O=C(O)C(O)C(O)c1ccc2cc[nH]c2c1. The van der Waals surface area contributed by atoms with Gasteiger partial charge in [-0.1, -0.05) is 12.1 Å². The van der Waals surface area contributed by atoms with E-state index in [0.717, 1.165) is 10.9 Å². The van der Waals surface area contributed by atoms with E-state index in [0.29, 0.717) is 5.56 Å². The van der Waals surface area contributed by atoms with Gasteiger partial charge in [0.05, 0.1) is 0 Å². The zero-order chi connectivity index (χ0) is 11.7. The van der Waals surface area contributed by atoms with Gasteiger partial charge in [-0.05, 0) is 23.1 Å². The molecule has 0 fully saturated rings. The van der Waals surface area contributed by atoms with E-state index in [4.69, 9.17) is 5.11 Å². The number of aliphatic carboxylic acids is 1. The average molecular weight is 221 g/mol. The highest BCUT2D eigenvalue weighted by Gasteiger charge is 2.25. The van der Waals surface area contributed by atoms with Crippen LogP contribution in [0.2, 0.25) is 0 Å². The van der Waals surface area contributed by atoms with Crippen molar-refractivity contribution in [1.29, 1.82) is 0 Å². The van der Waals surface area contributed by atoms with Crippen LogP contribution in [0.3, 0.4) is 0 Å². The van der Waals surface area contributed by atoms with Gasteiger partial charge in [-0.15, -0.1) is 0 Å². The van der Waals surface area contributed by atoms with Crippen molar-refractivity contribution >= 4 is 16.9 Å². The molecule has 0 saturated heterocycles. The quantitative estimate of drug-likeness (QED) is 0.612. The first-order chi connectivity index (χ1) is 7.59. The van der Waals surface area contributed by atoms with Gasteiger partial charge in [-0.25, -0.2) is 4.79 Å². The number of rotatable bonds is 3. The predicted molar refractivity (Wildman–Crippen MR) is 56.9 cm³/mol. The molecule has 5 heteroatoms. The number of carboxylic acid groups (broad SMARTS) is 1. The first-order valence-electron chi connectivity index (χ1n) is 4.75. The lowest BCUT2D eigenvalue weighted by atomic mass is 10.0. The van der Waals surface area contributed by atoms with E-state index in [-0.39, 0.29) is 0 Å². The van der Waals surface area contributed by atoms with E-state index < -0.39 is 18.2 Å². The van der Waals surface area contributed by atoms with Gasteiger partial charge in [0, 0.05) is 11.7 Å². The Bertz CT molecular complexity index is 519. The molecule has 2 rings (SSSR count). The Kier molecular flexibility index (Phi) is 2.64. The zero-order valence-corrected chi connectivity index (χ0v) is 8.29. The fourth-order valence-electron chi connectivity index (χ4n) is 1.57. The summed E-state index contributed by atoms with van der Waals surface area (Å²) in [6.45, 7) is 0. The summed E-state index contributed by atoms with van der Waals surface area (Å²) in [5.41, 5.74) is 1.15. The molecule has 5 nitrogen and oxygen atoms in total. The molecule has 0 aliphatic heterocycles. The minimum absolute atomic E-state index is 0.366. The van der Waals surface area contributed by atoms with Crippen LogP contribution in [-0.4, -0.2) is 32.4 Å². The first-order valence-corrected chi connectivity index (χ1v) is 4.75. The fraction of sp³-hybridized carbons (Fsp3) is 0.182. The summed E-state index contributed by atoms with van der Waals surface area (Å²) in [6.07, 6.45) is -1.49. The van der Waals surface area contributed by atoms with Gasteiger partial charge in [-0.3, -0.25) is 0 Å². The second-order valence-corrected chi connectivity index (χ2v) is 3.55. The molecule has 4 N–H and O–H groups in total. The molecule has 1 aromatic carbocycles. The van der Waals surface area contributed by atoms with Crippen molar-refractivity contribution < 1.29 is 20.1 Å². The Morgan fingerprint density at radius 1 is 1.25 bits per heavy atom. The van der Waals surface area contributed by atoms with E-state index in [1.807, 2.05) is 6.07 Å². The van der Waals surface area contributed by atoms with Crippen molar-refractivity contribution in [3.05, 3.63) is 36.0 Å². The molecule has 2 unspecified atom stereocenters. The number of aromatic nitrogens is 1. The van der Waals surface area contributed by atoms with Crippen molar-refractivity contribution in [3.8, 4) is 0 Å². The molecule has 0 radical (unpaired) electrons. The van der Waals surface area contributed by atoms with Crippen molar-refractivity contribution in [2.24, 2.45) is 0 Å². The van der Waals surface area contributed by atoms with E-state index in [9.17, 15) is 15.0 Å². The number of carbonyl (C=O) groups is 1. The van der Waals surface area contributed by atoms with E-state index in [1.54, 1.807) is 24.4 Å². The number of carboxylic acids is 1. The number of aromatic amines is 1. The van der Waals surface area contributed by atoms with Gasteiger partial charge >= 0.3 is 5.97 Å². The second-order valence-electron chi connectivity index (χ2n) is 3.55. The Morgan fingerprint density at radius 2 is 2.00 bits per heavy atom. The van der Waals surface area contributed by atoms with Crippen molar-refractivity contribution in [3.63, 3.8) is 0 Å². The number of benzene rings is 1. The van der Waals surface area contributed by atoms with Crippen LogP contribution in [0.15, 0.2) is 30.5 Å². The number of hydrogen-bond acceptors (Lipinski definition) is 3. The number of nitrogens with one attached hydrogen (secondary N) is 1. The van der Waals surface area contributed by atoms with Crippen LogP contribution in [-0.2, 0) is 4.79 Å². The van der Waals surface area contributed by atoms with E-state index in [2.05, 4.69) is 4.98 Å². The Hall–Kier alpha value is -1.85. The molecule has 2 aromatic rings. The monoisotopic (exact) mass is 221 g/mol. The maximum Gasteiger partial charge on any atom is 0.335 e. The molecule has 0 aliphatic rings. The first kappa shape index (κ1) is 10.7. The van der Waals surface area contributed by atoms with E-state index in [1.165, 1.54) is 0 Å². The van der Waals surface area contributed by atoms with Crippen molar-refractivity contribution in [2.75, 3.05) is 0 Å². The summed E-state index contributed by atoms with van der Waals surface area (Å²) in [5.74, 6) is -1.45. The van der Waals surface area contributed by atoms with Gasteiger partial charge in [-0.2, -0.15) is 0 Å². The fourth-order valence-corrected chi connectivity index (χ4v) is 1.57. The number of fused-ring (bicyclic) bond motifs is 1. The predicted octanol–water partition coefficient (Wildman–Crippen LogP) is 0.647. The Balaban J connectivity index is 2.35. The molecule has 1 heterocycles. The van der Waals surface area contributed by atoms with Crippen LogP contribution in [0.4, 0.5) is 0 Å². The Labute approximate surface area is 91.0 Å². The maximum absolute atomic E-state index is 10.5. The molecule has 1 aromatic heterocycles. The number of aliphatic hydroxyl groups excluding tert-OH is 2. The molecule has 0 aliphatic carbocycles. The second kappa shape index (κ2) is 3.96. The highest BCUT2D eigenvalue weighted by Crippen LogP contribution is 2.21. The highest BCUT2D eigenvalue weighted by atomic mass is 16.4. The number of hydrogen-bond donors (Lipinski definition) is 4. The maximum atomic E-state index is 10.5. The smallest absolute Gasteiger partial charge is 0.335 e. The molecule has 0 amide bonds. The number of H-pyrrole nitrogens is 1. The summed E-state index contributed by atoms with van der Waals surface area (Å²) in [7, 11) is 0. The minimum atomic E-state index is -1.81. The third kappa shape index (κ3) is 1.78. The Morgan fingerprint density at radius 3 is 2.69 bits per heavy atom. The normalized spacial score (nSPS) is 14.9. The van der Waals surface area contributed by atoms with Gasteiger partial charge < -0.3 is 20.3 Å². The van der Waals surface area contributed by atoms with E-state index >= 15 is 0 Å². The zero-order valence-electron chi connectivity index (χ0n) is 8.29. The van der Waals surface area contributed by atoms with Crippen LogP contribution in [0, 0.1) is 0 Å². The van der Waals surface area contributed by atoms with Gasteiger partial charge in [0.15, 0.2) is 6.10 Å². The number of aliphatic hydroxyl groups is 2. The van der Waals surface area contributed by atoms with Crippen LogP contribution in [0.25, 0.3) is 10.9 Å². The molecular weight excluding hydrogens is 210 g/mol. The molecule has 0 bridgehead atoms. The summed E-state index contributed by atoms with van der Waals surface area (Å²) in [6, 6.07) is 6.82. The van der Waals surface area contributed by atoms with Crippen LogP contribution in [0.1, 0.15) is 11.7 Å². The lowest BCUT2D eigenvalue weighted by molar-refractivity contribution is -0.153. The standard InChI is InChI=1S/C11H11NO4/c13-9(10(14)11(15)16)7-2-1-6-3-4-12-8(6)5-7/h1-5,9-10,12-14H,(H,15,16). The van der Waals surface area contributed by atoms with Gasteiger partial charge in [0.1, 0.15) is 6.10 Å². The van der Waals surface area contributed by atoms with Crippen molar-refractivity contribution in [2.45, 2.75) is 12.2 Å². The molecule has 2 atom stereocenters. The van der Waals surface area contributed by atoms with Gasteiger partial charge in [0.25, 0.3) is 0 Å². The molecular formula is C11H11NO4. The summed E-state index contributed by atoms with van der Waals surface area (Å²) >= 11 is 0.